The van der Waals surface area contributed by atoms with Crippen molar-refractivity contribution in [3.63, 3.8) is 0 Å². The van der Waals surface area contributed by atoms with Crippen LogP contribution in [0.15, 0.2) is 36.5 Å². The molecule has 6 atom stereocenters. The maximum atomic E-state index is 12.6. The van der Waals surface area contributed by atoms with E-state index in [1.165, 1.54) is 84.0 Å². The van der Waals surface area contributed by atoms with Crippen molar-refractivity contribution < 1.29 is 86.5 Å². The summed E-state index contributed by atoms with van der Waals surface area (Å²) in [6.07, 6.45) is 28.2. The summed E-state index contributed by atoms with van der Waals surface area (Å²) in [5.74, 6) is 6.10. The van der Waals surface area contributed by atoms with E-state index in [-0.39, 0.29) is 57.6 Å². The van der Waals surface area contributed by atoms with Crippen LogP contribution in [0.5, 0.6) is 0 Å². The average molecular weight is 1400 g/mol. The van der Waals surface area contributed by atoms with Gasteiger partial charge in [-0.15, -0.1) is 0 Å². The Balaban J connectivity index is 0.000000141. The highest BCUT2D eigenvalue weighted by Gasteiger charge is 2.63. The molecule has 0 aromatic carbocycles. The summed E-state index contributed by atoms with van der Waals surface area (Å²) in [5.41, 5.74) is -2.16. The molecular formula is C82H126O18. The van der Waals surface area contributed by atoms with Crippen molar-refractivity contribution in [1.29, 1.82) is 0 Å². The zero-order valence-electron chi connectivity index (χ0n) is 63.6. The van der Waals surface area contributed by atoms with E-state index in [0.717, 1.165) is 101 Å². The molecule has 2 aliphatic heterocycles. The highest BCUT2D eigenvalue weighted by atomic mass is 16.6. The fourth-order valence-corrected chi connectivity index (χ4v) is 21.4. The standard InChI is InChI=1S/C18H30O2.C16H26O3.C16H24O2.C14H20O3.C10H16O4.C8H10O4/c1-5-17(3,4)16(19)20-18(6-2)14-8-12-7-13(10-14)11-15(18)9-12;1-4-14(2,3)13(17)19-16-8-11-5-12(9-16)7-15(18,6-11)10-16;1-4-16(18-15(17)10(2)3)13-6-11-5-12(8-13)9-14(16)7-11;1-9(2)12(15)17-14-6-10-3-11(7-14)5-13(16,4-10)8-14;1-4-10(2,3)9(12)14-7-5-6-13-8(7)11;1-5(2)7(9)12-6-3-4-11-8(6)10/h12-15H,5-11H2,1-4H3;11-12,18H,4-10H2,1-3H3;11-14H,2,4-9H2,1,3H3;10-11,16H,1,3-8H2,2H3;7H,4-6H2,1-3H3;6H,1,3-4H2,2H3. The van der Waals surface area contributed by atoms with Crippen LogP contribution in [0.25, 0.3) is 0 Å². The molecule has 0 aromatic rings. The Morgan fingerprint density at radius 3 is 1.02 bits per heavy atom. The van der Waals surface area contributed by atoms with Gasteiger partial charge in [0.1, 0.15) is 22.4 Å². The molecule has 2 saturated heterocycles. The van der Waals surface area contributed by atoms with Crippen molar-refractivity contribution in [2.45, 2.75) is 329 Å². The minimum Gasteiger partial charge on any atom is -0.463 e. The van der Waals surface area contributed by atoms with Crippen LogP contribution in [0.4, 0.5) is 0 Å². The van der Waals surface area contributed by atoms with Crippen molar-refractivity contribution in [3.05, 3.63) is 36.5 Å². The Bertz CT molecular complexity index is 2990. The van der Waals surface area contributed by atoms with Crippen LogP contribution in [0.2, 0.25) is 0 Å². The highest BCUT2D eigenvalue weighted by molar-refractivity contribution is 5.90. The molecule has 562 valence electrons. The van der Waals surface area contributed by atoms with Gasteiger partial charge in [0.05, 0.1) is 40.7 Å². The monoisotopic (exact) mass is 1400 g/mol. The molecule has 2 N–H and O–H groups in total. The van der Waals surface area contributed by atoms with Gasteiger partial charge in [-0.2, -0.15) is 0 Å². The first kappa shape index (κ1) is 79.0. The lowest BCUT2D eigenvalue weighted by Gasteiger charge is -2.60. The minimum absolute atomic E-state index is 0.0364. The van der Waals surface area contributed by atoms with Crippen LogP contribution >= 0.6 is 0 Å². The van der Waals surface area contributed by atoms with E-state index in [9.17, 15) is 48.6 Å². The van der Waals surface area contributed by atoms with Crippen molar-refractivity contribution >= 4 is 47.8 Å². The molecular weight excluding hydrogens is 1270 g/mol. The molecule has 6 unspecified atom stereocenters. The quantitative estimate of drug-likeness (QED) is 0.0780. The Morgan fingerprint density at radius 2 is 0.710 bits per heavy atom. The lowest BCUT2D eigenvalue weighted by Crippen LogP contribution is -2.61. The van der Waals surface area contributed by atoms with E-state index in [0.29, 0.717) is 104 Å². The Labute approximate surface area is 597 Å². The predicted molar refractivity (Wildman–Crippen MR) is 377 cm³/mol. The van der Waals surface area contributed by atoms with Gasteiger partial charge < -0.3 is 48.1 Å². The molecule has 18 rings (SSSR count). The first-order valence-electron chi connectivity index (χ1n) is 38.8. The summed E-state index contributed by atoms with van der Waals surface area (Å²) in [5, 5.41) is 21.2. The van der Waals surface area contributed by atoms with Crippen molar-refractivity contribution in [2.24, 2.45) is 87.3 Å². The number of hydrogen-bond acceptors (Lipinski definition) is 18. The smallest absolute Gasteiger partial charge is 0.347 e. The van der Waals surface area contributed by atoms with Gasteiger partial charge >= 0.3 is 47.8 Å². The molecule has 16 saturated carbocycles. The third-order valence-corrected chi connectivity index (χ3v) is 26.9. The number of rotatable bonds is 17. The molecule has 16 aliphatic carbocycles. The normalized spacial score (nSPS) is 38.8. The minimum atomic E-state index is -0.728. The second-order valence-electron chi connectivity index (χ2n) is 36.3. The summed E-state index contributed by atoms with van der Waals surface area (Å²) in [6.45, 7) is 38.4. The SMILES string of the molecule is C=C(C)C(=O)OC1(CC)C2CC3CC(C2)CC1C3.C=C(C)C(=O)OC12CC3CC(CC(O)(C3)C1)C2.C=C(C)C(=O)OC1CCOC1=O.CCC(C)(C)C(=O)OC1(CC)C2CC3CC(C2)CC1C3.CCC(C)(C)C(=O)OC12CC3CC(CC(O)(C3)C1)C2.CCC(C)(C)C(=O)OC1CCOC1=O. The summed E-state index contributed by atoms with van der Waals surface area (Å²) >= 11 is 0. The molecule has 18 aliphatic rings. The van der Waals surface area contributed by atoms with E-state index in [4.69, 9.17) is 33.2 Å². The van der Waals surface area contributed by atoms with E-state index in [2.05, 4.69) is 45.2 Å². The summed E-state index contributed by atoms with van der Waals surface area (Å²) in [7, 11) is 0. The van der Waals surface area contributed by atoms with Crippen LogP contribution < -0.4 is 0 Å². The van der Waals surface area contributed by atoms with Gasteiger partial charge in [-0.3, -0.25) is 14.4 Å². The maximum absolute atomic E-state index is 12.6. The van der Waals surface area contributed by atoms with Crippen LogP contribution in [-0.4, -0.2) is 117 Å². The summed E-state index contributed by atoms with van der Waals surface area (Å²) in [4.78, 5) is 93.0. The molecule has 18 nitrogen and oxygen atoms in total. The topological polar surface area (TPSA) is 251 Å². The molecule has 18 fully saturated rings. The van der Waals surface area contributed by atoms with Gasteiger partial charge in [0.2, 0.25) is 12.2 Å². The largest absolute Gasteiger partial charge is 0.463 e. The molecule has 0 amide bonds. The fourth-order valence-electron chi connectivity index (χ4n) is 21.4. The van der Waals surface area contributed by atoms with Gasteiger partial charge in [-0.05, 0) is 294 Å². The van der Waals surface area contributed by atoms with Gasteiger partial charge in [0.25, 0.3) is 0 Å². The molecule has 16 bridgehead atoms. The van der Waals surface area contributed by atoms with Crippen LogP contribution in [0.1, 0.15) is 283 Å². The predicted octanol–water partition coefficient (Wildman–Crippen LogP) is 15.2. The number of esters is 8. The number of carbonyl (C=O) groups is 8. The zero-order valence-corrected chi connectivity index (χ0v) is 63.6. The van der Waals surface area contributed by atoms with E-state index in [1.54, 1.807) is 27.7 Å². The molecule has 100 heavy (non-hydrogen) atoms. The number of carbonyl (C=O) groups excluding carboxylic acids is 8. The van der Waals surface area contributed by atoms with E-state index in [1.807, 2.05) is 41.5 Å². The number of aliphatic hydroxyl groups is 2. The summed E-state index contributed by atoms with van der Waals surface area (Å²) in [6, 6.07) is 0. The van der Waals surface area contributed by atoms with Gasteiger partial charge in [0, 0.05) is 42.4 Å². The number of cyclic esters (lactones) is 2. The van der Waals surface area contributed by atoms with Gasteiger partial charge in [0.15, 0.2) is 0 Å². The molecule has 2 heterocycles. The van der Waals surface area contributed by atoms with E-state index < -0.39 is 57.7 Å². The molecule has 0 aromatic heterocycles. The fraction of sp³-hybridized carbons (Fsp3) is 0.829. The third-order valence-electron chi connectivity index (χ3n) is 26.9. The molecule has 0 spiro atoms. The van der Waals surface area contributed by atoms with Crippen LogP contribution in [0.3, 0.4) is 0 Å². The zero-order chi connectivity index (χ0) is 73.5. The van der Waals surface area contributed by atoms with E-state index >= 15 is 0 Å². The number of hydrogen-bond donors (Lipinski definition) is 2. The summed E-state index contributed by atoms with van der Waals surface area (Å²) < 4.78 is 43.1. The highest BCUT2D eigenvalue weighted by Crippen LogP contribution is 2.64. The van der Waals surface area contributed by atoms with Crippen molar-refractivity contribution in [2.75, 3.05) is 13.2 Å². The van der Waals surface area contributed by atoms with Gasteiger partial charge in [-0.1, -0.05) is 54.4 Å². The Hall–Kier alpha value is -5.10. The second-order valence-corrected chi connectivity index (χ2v) is 36.3. The Kier molecular flexibility index (Phi) is 24.1. The number of ether oxygens (including phenoxy) is 8. The van der Waals surface area contributed by atoms with Crippen molar-refractivity contribution in [3.8, 4) is 0 Å². The lowest BCUT2D eigenvalue weighted by molar-refractivity contribution is -0.225. The van der Waals surface area contributed by atoms with Crippen LogP contribution in [-0.2, 0) is 76.3 Å². The van der Waals surface area contributed by atoms with Gasteiger partial charge in [-0.25, -0.2) is 24.0 Å². The average Bonchev–Trinajstić information content (AvgIpc) is 1.02. The van der Waals surface area contributed by atoms with Crippen molar-refractivity contribution in [1.82, 2.24) is 0 Å². The molecule has 0 radical (unpaired) electrons. The second kappa shape index (κ2) is 30.5. The lowest BCUT2D eigenvalue weighted by atomic mass is 9.49. The Morgan fingerprint density at radius 1 is 0.410 bits per heavy atom. The first-order chi connectivity index (χ1) is 46.7. The third kappa shape index (κ3) is 17.5. The maximum Gasteiger partial charge on any atom is 0.347 e. The molecule has 18 heteroatoms. The first-order valence-corrected chi connectivity index (χ1v) is 38.8. The van der Waals surface area contributed by atoms with Crippen LogP contribution in [0, 0.1) is 87.3 Å².